The van der Waals surface area contributed by atoms with Gasteiger partial charge in [-0.2, -0.15) is 0 Å². The average molecular weight is 168 g/mol. The highest BCUT2D eigenvalue weighted by Crippen LogP contribution is 2.22. The minimum absolute atomic E-state index is 0.252. The first-order valence-electron chi connectivity index (χ1n) is 4.76. The molecule has 0 aliphatic carbocycles. The van der Waals surface area contributed by atoms with Crippen molar-refractivity contribution in [3.05, 3.63) is 0 Å². The first kappa shape index (κ1) is 8.05. The van der Waals surface area contributed by atoms with Crippen LogP contribution in [-0.4, -0.2) is 37.0 Å². The predicted molar refractivity (Wildman–Crippen MR) is 46.8 cm³/mol. The maximum absolute atomic E-state index is 11.7. The van der Waals surface area contributed by atoms with E-state index in [1.165, 1.54) is 12.8 Å². The molecule has 2 saturated heterocycles. The second kappa shape index (κ2) is 3.05. The molecule has 1 N–H and O–H groups in total. The van der Waals surface area contributed by atoms with Crippen molar-refractivity contribution < 1.29 is 4.79 Å². The summed E-state index contributed by atoms with van der Waals surface area (Å²) in [6.07, 6.45) is 3.46. The summed E-state index contributed by atoms with van der Waals surface area (Å²) in [5.74, 6) is 0.602. The van der Waals surface area contributed by atoms with Gasteiger partial charge in [-0.15, -0.1) is 0 Å². The Hall–Kier alpha value is -0.570. The Morgan fingerprint density at radius 3 is 3.08 bits per heavy atom. The molecule has 2 rings (SSSR count). The topological polar surface area (TPSA) is 32.3 Å². The smallest absolute Gasteiger partial charge is 0.226 e. The summed E-state index contributed by atoms with van der Waals surface area (Å²) in [5, 5.41) is 3.35. The van der Waals surface area contributed by atoms with Gasteiger partial charge in [0.2, 0.25) is 5.91 Å². The lowest BCUT2D eigenvalue weighted by Gasteiger charge is -2.24. The highest BCUT2D eigenvalue weighted by molar-refractivity contribution is 5.79. The molecule has 3 nitrogen and oxygen atoms in total. The quantitative estimate of drug-likeness (QED) is 0.561. The molecular weight excluding hydrogens is 152 g/mol. The third-order valence-electron chi connectivity index (χ3n) is 3.11. The molecule has 2 aliphatic rings. The molecule has 12 heavy (non-hydrogen) atoms. The molecule has 2 aliphatic heterocycles. The normalized spacial score (nSPS) is 36.4. The van der Waals surface area contributed by atoms with Gasteiger partial charge in [0.25, 0.3) is 0 Å². The zero-order valence-electron chi connectivity index (χ0n) is 7.55. The van der Waals surface area contributed by atoms with Crippen LogP contribution in [-0.2, 0) is 4.79 Å². The molecule has 2 atom stereocenters. The molecule has 3 heteroatoms. The van der Waals surface area contributed by atoms with Crippen molar-refractivity contribution in [2.24, 2.45) is 5.92 Å². The molecule has 0 saturated carbocycles. The van der Waals surface area contributed by atoms with Crippen LogP contribution in [0.1, 0.15) is 19.3 Å². The molecule has 2 fully saturated rings. The zero-order chi connectivity index (χ0) is 8.55. The fourth-order valence-corrected chi connectivity index (χ4v) is 2.24. The number of fused-ring (bicyclic) bond motifs is 3. The van der Waals surface area contributed by atoms with E-state index in [-0.39, 0.29) is 5.92 Å². The molecule has 2 unspecified atom stereocenters. The lowest BCUT2D eigenvalue weighted by Crippen LogP contribution is -2.39. The molecule has 2 bridgehead atoms. The Morgan fingerprint density at radius 2 is 2.25 bits per heavy atom. The van der Waals surface area contributed by atoms with E-state index >= 15 is 0 Å². The van der Waals surface area contributed by atoms with Gasteiger partial charge >= 0.3 is 0 Å². The summed E-state index contributed by atoms with van der Waals surface area (Å²) < 4.78 is 0. The van der Waals surface area contributed by atoms with Gasteiger partial charge in [0.05, 0.1) is 5.92 Å². The molecule has 0 aromatic rings. The predicted octanol–water partition coefficient (Wildman–Crippen LogP) is 0.217. The van der Waals surface area contributed by atoms with E-state index < -0.39 is 0 Å². The Labute approximate surface area is 73.1 Å². The van der Waals surface area contributed by atoms with Gasteiger partial charge in [0.1, 0.15) is 0 Å². The standard InChI is InChI=1S/C9H16N2O/c1-11-8-4-2-3-7(9(11)12)5-10-6-8/h7-8,10H,2-6H2,1H3. The number of hydrogen-bond donors (Lipinski definition) is 1. The van der Waals surface area contributed by atoms with Crippen molar-refractivity contribution in [2.75, 3.05) is 20.1 Å². The number of likely N-dealkylation sites (N-methyl/N-ethyl adjacent to an activating group) is 1. The minimum Gasteiger partial charge on any atom is -0.341 e. The number of carbonyl (C=O) groups is 1. The number of nitrogens with zero attached hydrogens (tertiary/aromatic N) is 1. The Morgan fingerprint density at radius 1 is 1.42 bits per heavy atom. The van der Waals surface area contributed by atoms with Crippen LogP contribution in [0.5, 0.6) is 0 Å². The maximum atomic E-state index is 11.7. The van der Waals surface area contributed by atoms with Gasteiger partial charge in [-0.25, -0.2) is 0 Å². The summed E-state index contributed by atoms with van der Waals surface area (Å²) in [4.78, 5) is 13.7. The Bertz CT molecular complexity index is 179. The largest absolute Gasteiger partial charge is 0.341 e. The van der Waals surface area contributed by atoms with Crippen LogP contribution in [0.4, 0.5) is 0 Å². The summed E-state index contributed by atoms with van der Waals surface area (Å²) in [6, 6.07) is 0.449. The van der Waals surface area contributed by atoms with Crippen molar-refractivity contribution in [2.45, 2.75) is 25.3 Å². The van der Waals surface area contributed by atoms with Crippen molar-refractivity contribution in [3.8, 4) is 0 Å². The first-order valence-corrected chi connectivity index (χ1v) is 4.76. The molecule has 0 radical (unpaired) electrons. The molecule has 0 spiro atoms. The fourth-order valence-electron chi connectivity index (χ4n) is 2.24. The van der Waals surface area contributed by atoms with Crippen LogP contribution >= 0.6 is 0 Å². The molecular formula is C9H16N2O. The van der Waals surface area contributed by atoms with E-state index in [1.807, 2.05) is 11.9 Å². The average Bonchev–Trinajstić information content (AvgIpc) is 2.19. The number of carbonyl (C=O) groups excluding carboxylic acids is 1. The summed E-state index contributed by atoms with van der Waals surface area (Å²) in [5.41, 5.74) is 0. The van der Waals surface area contributed by atoms with Crippen LogP contribution in [0.15, 0.2) is 0 Å². The number of rotatable bonds is 0. The highest BCUT2D eigenvalue weighted by atomic mass is 16.2. The molecule has 0 aromatic heterocycles. The zero-order valence-corrected chi connectivity index (χ0v) is 7.55. The van der Waals surface area contributed by atoms with E-state index in [9.17, 15) is 4.79 Å². The molecule has 0 aromatic carbocycles. The first-order chi connectivity index (χ1) is 5.79. The Kier molecular flexibility index (Phi) is 2.05. The van der Waals surface area contributed by atoms with E-state index in [2.05, 4.69) is 5.32 Å². The number of nitrogens with one attached hydrogen (secondary N) is 1. The van der Waals surface area contributed by atoms with Gasteiger partial charge in [-0.3, -0.25) is 4.79 Å². The summed E-state index contributed by atoms with van der Waals surface area (Å²) in [6.45, 7) is 1.87. The second-order valence-corrected chi connectivity index (χ2v) is 3.89. The summed E-state index contributed by atoms with van der Waals surface area (Å²) in [7, 11) is 1.94. The second-order valence-electron chi connectivity index (χ2n) is 3.89. The van der Waals surface area contributed by atoms with Crippen molar-refractivity contribution in [3.63, 3.8) is 0 Å². The lowest BCUT2D eigenvalue weighted by molar-refractivity contribution is -0.134. The monoisotopic (exact) mass is 168 g/mol. The SMILES string of the molecule is CN1C(=O)C2CCCC1CNC2. The van der Waals surface area contributed by atoms with Crippen molar-refractivity contribution in [1.82, 2.24) is 10.2 Å². The van der Waals surface area contributed by atoms with E-state index in [0.29, 0.717) is 11.9 Å². The third kappa shape index (κ3) is 1.22. The lowest BCUT2D eigenvalue weighted by atomic mass is 10.0. The minimum atomic E-state index is 0.252. The van der Waals surface area contributed by atoms with Crippen LogP contribution in [0.25, 0.3) is 0 Å². The van der Waals surface area contributed by atoms with Crippen LogP contribution in [0.2, 0.25) is 0 Å². The van der Waals surface area contributed by atoms with Crippen molar-refractivity contribution >= 4 is 5.91 Å². The van der Waals surface area contributed by atoms with Gasteiger partial charge in [-0.05, 0) is 12.8 Å². The fraction of sp³-hybridized carbons (Fsp3) is 0.889. The van der Waals surface area contributed by atoms with Gasteiger partial charge in [0.15, 0.2) is 0 Å². The third-order valence-corrected chi connectivity index (χ3v) is 3.11. The van der Waals surface area contributed by atoms with Crippen LogP contribution in [0, 0.1) is 5.92 Å². The Balaban J connectivity index is 2.22. The molecule has 2 heterocycles. The van der Waals surface area contributed by atoms with E-state index in [1.54, 1.807) is 0 Å². The van der Waals surface area contributed by atoms with Crippen LogP contribution in [0.3, 0.4) is 0 Å². The van der Waals surface area contributed by atoms with Gasteiger partial charge in [-0.1, -0.05) is 6.42 Å². The van der Waals surface area contributed by atoms with Gasteiger partial charge < -0.3 is 10.2 Å². The van der Waals surface area contributed by atoms with E-state index in [0.717, 1.165) is 19.5 Å². The van der Waals surface area contributed by atoms with Gasteiger partial charge in [0, 0.05) is 26.2 Å². The van der Waals surface area contributed by atoms with Crippen molar-refractivity contribution in [1.29, 1.82) is 0 Å². The summed E-state index contributed by atoms with van der Waals surface area (Å²) >= 11 is 0. The molecule has 1 amide bonds. The molecule has 68 valence electrons. The number of hydrogen-bond acceptors (Lipinski definition) is 2. The number of amides is 1. The van der Waals surface area contributed by atoms with Crippen LogP contribution < -0.4 is 5.32 Å². The highest BCUT2D eigenvalue weighted by Gasteiger charge is 2.32. The maximum Gasteiger partial charge on any atom is 0.226 e. The van der Waals surface area contributed by atoms with E-state index in [4.69, 9.17) is 0 Å².